The van der Waals surface area contributed by atoms with E-state index in [-0.39, 0.29) is 38.1 Å². The van der Waals surface area contributed by atoms with Crippen LogP contribution in [0.25, 0.3) is 0 Å². The maximum Gasteiger partial charge on any atom is 0.306 e. The predicted octanol–water partition coefficient (Wildman–Crippen LogP) is 2.96. The second-order valence-corrected chi connectivity index (χ2v) is 12.6. The molecule has 5 aliphatic rings. The molecule has 11 nitrogen and oxygen atoms in total. The first-order valence-electron chi connectivity index (χ1n) is 13.7. The summed E-state index contributed by atoms with van der Waals surface area (Å²) in [5.41, 5.74) is -5.23. The summed E-state index contributed by atoms with van der Waals surface area (Å²) in [7, 11) is 0. The summed E-state index contributed by atoms with van der Waals surface area (Å²) < 4.78 is 35.3. The molecule has 0 aromatic carbocycles. The molecule has 0 radical (unpaired) electrons. The van der Waals surface area contributed by atoms with E-state index in [0.29, 0.717) is 18.4 Å². The maximum atomic E-state index is 17.4. The van der Waals surface area contributed by atoms with E-state index in [9.17, 15) is 29.6 Å². The minimum atomic E-state index is -2.07. The zero-order valence-electron chi connectivity index (χ0n) is 23.1. The third-order valence-corrected chi connectivity index (χ3v) is 10.1. The Kier molecular flexibility index (Phi) is 6.79. The molecule has 1 aliphatic heterocycles. The summed E-state index contributed by atoms with van der Waals surface area (Å²) in [5.74, 6) is -3.61. The molecule has 220 valence electrons. The van der Waals surface area contributed by atoms with Crippen LogP contribution in [-0.2, 0) is 33.4 Å². The van der Waals surface area contributed by atoms with Gasteiger partial charge in [0.1, 0.15) is 0 Å². The largest absolute Gasteiger partial charge is 0.458 e. The molecule has 40 heavy (non-hydrogen) atoms. The quantitative estimate of drug-likeness (QED) is 0.153. The summed E-state index contributed by atoms with van der Waals surface area (Å²) >= 11 is 0. The van der Waals surface area contributed by atoms with Crippen molar-refractivity contribution in [2.45, 2.75) is 95.5 Å². The molecule has 1 saturated heterocycles. The van der Waals surface area contributed by atoms with E-state index in [1.54, 1.807) is 26.8 Å². The third kappa shape index (κ3) is 3.97. The minimum absolute atomic E-state index is 0.0367. The summed E-state index contributed by atoms with van der Waals surface area (Å²) in [6, 6.07) is 0. The molecular weight excluding hydrogens is 529 g/mol. The van der Waals surface area contributed by atoms with Crippen molar-refractivity contribution in [2.75, 3.05) is 13.2 Å². The number of aliphatic hydroxyl groups is 1. The first-order chi connectivity index (χ1) is 18.6. The average molecular weight is 566 g/mol. The molecule has 0 aromatic heterocycles. The van der Waals surface area contributed by atoms with Crippen molar-refractivity contribution in [3.63, 3.8) is 0 Å². The number of halogens is 1. The fourth-order valence-corrected chi connectivity index (χ4v) is 8.40. The average Bonchev–Trinajstić information content (AvgIpc) is 3.27. The fourth-order valence-electron chi connectivity index (χ4n) is 8.40. The van der Waals surface area contributed by atoms with Crippen LogP contribution in [0.3, 0.4) is 0 Å². The lowest BCUT2D eigenvalue weighted by atomic mass is 9.45. The first kappa shape index (κ1) is 28.8. The highest BCUT2D eigenvalue weighted by Gasteiger charge is 2.80. The molecule has 1 N–H and O–H groups in total. The lowest BCUT2D eigenvalue weighted by molar-refractivity contribution is -0.757. The molecule has 5 rings (SSSR count). The van der Waals surface area contributed by atoms with Gasteiger partial charge in [-0.3, -0.25) is 14.4 Å². The van der Waals surface area contributed by atoms with Gasteiger partial charge in [-0.1, -0.05) is 24.6 Å². The maximum absolute atomic E-state index is 17.4. The number of alkyl halides is 1. The number of fused-ring (bicyclic) bond motifs is 7. The Morgan fingerprint density at radius 3 is 2.67 bits per heavy atom. The van der Waals surface area contributed by atoms with E-state index in [2.05, 4.69) is 4.84 Å². The van der Waals surface area contributed by atoms with Crippen molar-refractivity contribution in [2.24, 2.45) is 22.7 Å². The molecule has 0 bridgehead atoms. The number of ketones is 2. The normalized spacial score (nSPS) is 42.6. The van der Waals surface area contributed by atoms with E-state index in [1.807, 2.05) is 13.0 Å². The number of Topliss-reactive ketones (excluding diaryl/α,β-unsaturated/α-hetero) is 1. The van der Waals surface area contributed by atoms with Crippen LogP contribution in [0.2, 0.25) is 0 Å². The molecular formula is C28H36FNO10. The molecule has 1 heterocycles. The van der Waals surface area contributed by atoms with Crippen molar-refractivity contribution in [1.82, 2.24) is 0 Å². The molecule has 2 saturated carbocycles. The number of hydrogen-bond acceptors (Lipinski definition) is 10. The lowest BCUT2D eigenvalue weighted by Crippen LogP contribution is -2.69. The summed E-state index contributed by atoms with van der Waals surface area (Å²) in [6.45, 7) is 6.00. The van der Waals surface area contributed by atoms with Gasteiger partial charge in [-0.2, -0.15) is 0 Å². The Morgan fingerprint density at radius 1 is 1.25 bits per heavy atom. The van der Waals surface area contributed by atoms with Crippen LogP contribution < -0.4 is 0 Å². The van der Waals surface area contributed by atoms with Crippen LogP contribution in [0.1, 0.15) is 66.2 Å². The van der Waals surface area contributed by atoms with Crippen molar-refractivity contribution in [3.05, 3.63) is 33.9 Å². The summed E-state index contributed by atoms with van der Waals surface area (Å²) in [5, 5.41) is 20.9. The van der Waals surface area contributed by atoms with Crippen molar-refractivity contribution < 1.29 is 48.0 Å². The van der Waals surface area contributed by atoms with Crippen molar-refractivity contribution >= 4 is 17.5 Å². The number of hydrogen-bond donors (Lipinski definition) is 1. The minimum Gasteiger partial charge on any atom is -0.458 e. The van der Waals surface area contributed by atoms with Crippen LogP contribution in [0.5, 0.6) is 0 Å². The van der Waals surface area contributed by atoms with Crippen LogP contribution in [0, 0.1) is 32.8 Å². The first-order valence-corrected chi connectivity index (χ1v) is 13.7. The van der Waals surface area contributed by atoms with Crippen LogP contribution >= 0.6 is 0 Å². The Morgan fingerprint density at radius 2 is 1.98 bits per heavy atom. The molecule has 4 aliphatic carbocycles. The monoisotopic (exact) mass is 565 g/mol. The molecule has 8 atom stereocenters. The van der Waals surface area contributed by atoms with E-state index in [1.165, 1.54) is 6.08 Å². The highest BCUT2D eigenvalue weighted by atomic mass is 19.1. The van der Waals surface area contributed by atoms with Crippen molar-refractivity contribution in [1.29, 1.82) is 0 Å². The topological polar surface area (TPSA) is 152 Å². The van der Waals surface area contributed by atoms with Gasteiger partial charge >= 0.3 is 5.97 Å². The third-order valence-electron chi connectivity index (χ3n) is 10.1. The Bertz CT molecular complexity index is 1200. The molecule has 3 fully saturated rings. The highest BCUT2D eigenvalue weighted by molar-refractivity contribution is 5.94. The predicted molar refractivity (Wildman–Crippen MR) is 135 cm³/mol. The number of rotatable bonds is 8. The van der Waals surface area contributed by atoms with Gasteiger partial charge in [0.25, 0.3) is 5.09 Å². The molecule has 12 heteroatoms. The van der Waals surface area contributed by atoms with Gasteiger partial charge in [0.2, 0.25) is 5.78 Å². The summed E-state index contributed by atoms with van der Waals surface area (Å²) in [6.07, 6.45) is 3.11. The lowest BCUT2D eigenvalue weighted by Gasteiger charge is -2.62. The number of allylic oxidation sites excluding steroid dienone is 4. The second-order valence-electron chi connectivity index (χ2n) is 12.6. The number of ether oxygens (including phenoxy) is 3. The van der Waals surface area contributed by atoms with Crippen LogP contribution in [-0.4, -0.2) is 70.2 Å². The number of carbonyl (C=O) groups excluding carboxylic acids is 3. The van der Waals surface area contributed by atoms with Gasteiger partial charge in [0, 0.05) is 29.6 Å². The molecule has 1 unspecified atom stereocenters. The SMILES string of the molecule is CC1(C)O[C@@H]2C[C@H]3C4CC=C5CC(=O)C=C[C@]5(C)[C@@]4(F)[C@@H](O)C[C@]3(C)[C@]2(C(=O)COC(=O)CCCO[N+](=O)[O-])O1. The van der Waals surface area contributed by atoms with Crippen LogP contribution in [0.15, 0.2) is 23.8 Å². The second kappa shape index (κ2) is 9.42. The Labute approximate surface area is 231 Å². The molecule has 0 aromatic rings. The van der Waals surface area contributed by atoms with Gasteiger partial charge in [-0.25, -0.2) is 4.39 Å². The number of nitrogens with zero attached hydrogens (tertiary/aromatic N) is 1. The zero-order valence-corrected chi connectivity index (χ0v) is 23.1. The zero-order chi connectivity index (χ0) is 29.3. The van der Waals surface area contributed by atoms with E-state index < -0.39 is 75.4 Å². The highest BCUT2D eigenvalue weighted by Crippen LogP contribution is 2.71. The molecule has 0 spiro atoms. The number of aliphatic hydroxyl groups excluding tert-OH is 1. The van der Waals surface area contributed by atoms with Crippen LogP contribution in [0.4, 0.5) is 4.39 Å². The van der Waals surface area contributed by atoms with Gasteiger partial charge in [-0.05, 0) is 58.4 Å². The smallest absolute Gasteiger partial charge is 0.306 e. The molecule has 0 amide bonds. The van der Waals surface area contributed by atoms with E-state index in [4.69, 9.17) is 14.2 Å². The van der Waals surface area contributed by atoms with Gasteiger partial charge in [-0.15, -0.1) is 10.1 Å². The van der Waals surface area contributed by atoms with E-state index in [0.717, 1.165) is 0 Å². The van der Waals surface area contributed by atoms with Gasteiger partial charge < -0.3 is 24.2 Å². The Hall–Kier alpha value is -2.70. The van der Waals surface area contributed by atoms with Crippen molar-refractivity contribution in [3.8, 4) is 0 Å². The standard InChI is InChI=1S/C28H36FNO10/c1-24(2)39-22-13-19-18-8-7-16-12-17(31)9-10-25(16,3)27(18,29)20(32)14-26(19,4)28(22,40-24)21(33)15-37-23(34)6-5-11-38-30(35)36/h7,9-10,18-20,22,32H,5-6,8,11-15H2,1-4H3/t18?,19-,20-,22+,25-,26-,27-,28+/m0/s1. The summed E-state index contributed by atoms with van der Waals surface area (Å²) in [4.78, 5) is 52.8. The number of carbonyl (C=O) groups is 3. The Balaban J connectivity index is 1.43. The van der Waals surface area contributed by atoms with Gasteiger partial charge in [0.15, 0.2) is 29.4 Å². The fraction of sp³-hybridized carbons (Fsp3) is 0.750. The van der Waals surface area contributed by atoms with E-state index >= 15 is 4.39 Å². The van der Waals surface area contributed by atoms with Gasteiger partial charge in [0.05, 0.1) is 18.8 Å². The number of esters is 1.